The monoisotopic (exact) mass is 366 g/mol. The third-order valence-electron chi connectivity index (χ3n) is 4.95. The summed E-state index contributed by atoms with van der Waals surface area (Å²) in [5.74, 6) is 0.996. The lowest BCUT2D eigenvalue weighted by Crippen LogP contribution is -2.41. The molecule has 3 heterocycles. The summed E-state index contributed by atoms with van der Waals surface area (Å²) in [5.41, 5.74) is 3.44. The fraction of sp³-hybridized carbons (Fsp3) is 0.421. The van der Waals surface area contributed by atoms with Crippen molar-refractivity contribution in [2.45, 2.75) is 39.7 Å². The van der Waals surface area contributed by atoms with Gasteiger partial charge < -0.3 is 9.42 Å². The minimum atomic E-state index is 0.0787. The summed E-state index contributed by atoms with van der Waals surface area (Å²) < 4.78 is 6.81. The molecule has 1 amide bonds. The van der Waals surface area contributed by atoms with Crippen LogP contribution < -0.4 is 0 Å². The normalized spacial score (nSPS) is 17.3. The lowest BCUT2D eigenvalue weighted by Gasteiger charge is -2.33. The van der Waals surface area contributed by atoms with Gasteiger partial charge in [-0.3, -0.25) is 4.79 Å². The molecule has 0 aliphatic carbocycles. The number of benzene rings is 1. The van der Waals surface area contributed by atoms with Crippen molar-refractivity contribution >= 4 is 5.91 Å². The molecule has 1 aliphatic rings. The Bertz CT molecular complexity index is 976. The second-order valence-electron chi connectivity index (χ2n) is 7.09. The van der Waals surface area contributed by atoms with Crippen LogP contribution in [0.15, 0.2) is 28.9 Å². The highest BCUT2D eigenvalue weighted by Gasteiger charge is 2.27. The van der Waals surface area contributed by atoms with Crippen LogP contribution in [-0.2, 0) is 0 Å². The SMILES string of the molecule is Cc1ccc(C)c(C(=O)N2CCCC(n3cc(-c4noc(C)n4)nn3)C2)c1. The van der Waals surface area contributed by atoms with Gasteiger partial charge in [0.2, 0.25) is 11.7 Å². The average Bonchev–Trinajstić information content (AvgIpc) is 3.32. The number of hydrogen-bond acceptors (Lipinski definition) is 6. The van der Waals surface area contributed by atoms with E-state index in [1.54, 1.807) is 6.92 Å². The van der Waals surface area contributed by atoms with Gasteiger partial charge in [0.25, 0.3) is 5.91 Å². The Balaban J connectivity index is 1.52. The smallest absolute Gasteiger partial charge is 0.254 e. The fourth-order valence-electron chi connectivity index (χ4n) is 3.45. The molecule has 0 spiro atoms. The first-order valence-electron chi connectivity index (χ1n) is 9.10. The molecule has 1 atom stereocenters. The number of carbonyl (C=O) groups excluding carboxylic acids is 1. The van der Waals surface area contributed by atoms with E-state index in [1.807, 2.05) is 47.8 Å². The van der Waals surface area contributed by atoms with Crippen LogP contribution in [0.1, 0.15) is 46.3 Å². The van der Waals surface area contributed by atoms with Gasteiger partial charge in [0, 0.05) is 25.6 Å². The number of aryl methyl sites for hydroxylation is 3. The van der Waals surface area contributed by atoms with Crippen molar-refractivity contribution in [2.75, 3.05) is 13.1 Å². The van der Waals surface area contributed by atoms with Crippen LogP contribution in [0.4, 0.5) is 0 Å². The van der Waals surface area contributed by atoms with E-state index in [9.17, 15) is 4.79 Å². The van der Waals surface area contributed by atoms with Crippen molar-refractivity contribution in [1.29, 1.82) is 0 Å². The molecule has 2 aromatic heterocycles. The van der Waals surface area contributed by atoms with E-state index in [1.165, 1.54) is 0 Å². The maximum atomic E-state index is 13.0. The molecule has 1 fully saturated rings. The van der Waals surface area contributed by atoms with Crippen LogP contribution in [0.5, 0.6) is 0 Å². The van der Waals surface area contributed by atoms with Crippen LogP contribution in [0.2, 0.25) is 0 Å². The molecule has 140 valence electrons. The van der Waals surface area contributed by atoms with Crippen LogP contribution in [0, 0.1) is 20.8 Å². The number of likely N-dealkylation sites (tertiary alicyclic amines) is 1. The fourth-order valence-corrected chi connectivity index (χ4v) is 3.45. The standard InChI is InChI=1S/C19H22N6O2/c1-12-6-7-13(2)16(9-12)19(26)24-8-4-5-15(10-24)25-11-17(21-23-25)18-20-14(3)27-22-18/h6-7,9,11,15H,4-5,8,10H2,1-3H3. The van der Waals surface area contributed by atoms with Gasteiger partial charge >= 0.3 is 0 Å². The van der Waals surface area contributed by atoms with Crippen LogP contribution in [0.3, 0.4) is 0 Å². The van der Waals surface area contributed by atoms with E-state index in [0.29, 0.717) is 24.0 Å². The maximum Gasteiger partial charge on any atom is 0.254 e. The van der Waals surface area contributed by atoms with Crippen LogP contribution in [-0.4, -0.2) is 49.0 Å². The number of nitrogens with zero attached hydrogens (tertiary/aromatic N) is 6. The summed E-state index contributed by atoms with van der Waals surface area (Å²) in [7, 11) is 0. The highest BCUT2D eigenvalue weighted by molar-refractivity contribution is 5.95. The van der Waals surface area contributed by atoms with Crippen LogP contribution in [0.25, 0.3) is 11.5 Å². The molecular formula is C19H22N6O2. The molecule has 0 bridgehead atoms. The van der Waals surface area contributed by atoms with Gasteiger partial charge in [0.15, 0.2) is 5.69 Å². The van der Waals surface area contributed by atoms with Crippen molar-refractivity contribution in [2.24, 2.45) is 0 Å². The molecule has 1 aromatic carbocycles. The molecule has 27 heavy (non-hydrogen) atoms. The zero-order valence-corrected chi connectivity index (χ0v) is 15.7. The molecule has 1 aliphatic heterocycles. The number of aromatic nitrogens is 5. The maximum absolute atomic E-state index is 13.0. The number of hydrogen-bond donors (Lipinski definition) is 0. The van der Waals surface area contributed by atoms with Gasteiger partial charge in [-0.05, 0) is 38.3 Å². The first kappa shape index (κ1) is 17.4. The lowest BCUT2D eigenvalue weighted by atomic mass is 10.0. The molecule has 3 aromatic rings. The Morgan fingerprint density at radius 3 is 2.89 bits per heavy atom. The minimum Gasteiger partial charge on any atom is -0.339 e. The predicted molar refractivity (Wildman–Crippen MR) is 98.1 cm³/mol. The highest BCUT2D eigenvalue weighted by atomic mass is 16.5. The quantitative estimate of drug-likeness (QED) is 0.708. The van der Waals surface area contributed by atoms with E-state index >= 15 is 0 Å². The molecule has 8 nitrogen and oxygen atoms in total. The van der Waals surface area contributed by atoms with E-state index in [0.717, 1.165) is 36.1 Å². The second kappa shape index (κ2) is 6.94. The molecule has 1 saturated heterocycles. The van der Waals surface area contributed by atoms with Crippen molar-refractivity contribution < 1.29 is 9.32 Å². The van der Waals surface area contributed by atoms with Gasteiger partial charge in [-0.1, -0.05) is 28.1 Å². The average molecular weight is 366 g/mol. The van der Waals surface area contributed by atoms with E-state index in [-0.39, 0.29) is 11.9 Å². The highest BCUT2D eigenvalue weighted by Crippen LogP contribution is 2.24. The number of carbonyl (C=O) groups is 1. The van der Waals surface area contributed by atoms with Crippen molar-refractivity contribution in [3.8, 4) is 11.5 Å². The first-order valence-corrected chi connectivity index (χ1v) is 9.10. The van der Waals surface area contributed by atoms with Gasteiger partial charge in [-0.15, -0.1) is 5.10 Å². The zero-order chi connectivity index (χ0) is 19.0. The summed E-state index contributed by atoms with van der Waals surface area (Å²) in [4.78, 5) is 19.1. The van der Waals surface area contributed by atoms with Gasteiger partial charge in [-0.2, -0.15) is 4.98 Å². The number of amides is 1. The Morgan fingerprint density at radius 1 is 1.26 bits per heavy atom. The molecule has 4 rings (SSSR count). The third-order valence-corrected chi connectivity index (χ3v) is 4.95. The van der Waals surface area contributed by atoms with E-state index in [4.69, 9.17) is 4.52 Å². The Labute approximate surface area is 157 Å². The summed E-state index contributed by atoms with van der Waals surface area (Å²) in [6.45, 7) is 7.09. The van der Waals surface area contributed by atoms with Gasteiger partial charge in [0.05, 0.1) is 12.2 Å². The topological polar surface area (TPSA) is 89.9 Å². The lowest BCUT2D eigenvalue weighted by molar-refractivity contribution is 0.0671. The second-order valence-corrected chi connectivity index (χ2v) is 7.09. The third kappa shape index (κ3) is 3.47. The number of piperidine rings is 1. The molecule has 0 N–H and O–H groups in total. The predicted octanol–water partition coefficient (Wildman–Crippen LogP) is 2.73. The van der Waals surface area contributed by atoms with Crippen molar-refractivity contribution in [3.05, 3.63) is 47.0 Å². The summed E-state index contributed by atoms with van der Waals surface area (Å²) in [6.07, 6.45) is 3.70. The van der Waals surface area contributed by atoms with Crippen molar-refractivity contribution in [3.63, 3.8) is 0 Å². The Kier molecular flexibility index (Phi) is 4.47. The summed E-state index contributed by atoms with van der Waals surface area (Å²) in [6, 6.07) is 6.08. The first-order chi connectivity index (χ1) is 13.0. The summed E-state index contributed by atoms with van der Waals surface area (Å²) >= 11 is 0. The Hall–Kier alpha value is -3.03. The van der Waals surface area contributed by atoms with Gasteiger partial charge in [-0.25, -0.2) is 4.68 Å². The van der Waals surface area contributed by atoms with E-state index in [2.05, 4.69) is 20.5 Å². The van der Waals surface area contributed by atoms with E-state index < -0.39 is 0 Å². The minimum absolute atomic E-state index is 0.0787. The molecule has 0 radical (unpaired) electrons. The molecule has 1 unspecified atom stereocenters. The number of rotatable bonds is 3. The molecule has 8 heteroatoms. The zero-order valence-electron chi connectivity index (χ0n) is 15.7. The van der Waals surface area contributed by atoms with Crippen LogP contribution >= 0.6 is 0 Å². The largest absolute Gasteiger partial charge is 0.339 e. The van der Waals surface area contributed by atoms with Gasteiger partial charge in [0.1, 0.15) is 0 Å². The summed E-state index contributed by atoms with van der Waals surface area (Å²) in [5, 5.41) is 12.3. The Morgan fingerprint density at radius 2 is 2.11 bits per heavy atom. The van der Waals surface area contributed by atoms with Crippen molar-refractivity contribution in [1.82, 2.24) is 30.0 Å². The molecule has 0 saturated carbocycles. The molecular weight excluding hydrogens is 344 g/mol.